The van der Waals surface area contributed by atoms with Gasteiger partial charge in [0.15, 0.2) is 0 Å². The lowest BCUT2D eigenvalue weighted by molar-refractivity contribution is -0.131. The molecule has 0 aliphatic rings. The Balaban J connectivity index is 1.73. The molecule has 8 nitrogen and oxygen atoms in total. The van der Waals surface area contributed by atoms with E-state index >= 15 is 0 Å². The molecule has 33 heavy (non-hydrogen) atoms. The molecule has 1 amide bonds. The molecule has 0 aliphatic carbocycles. The Morgan fingerprint density at radius 2 is 1.64 bits per heavy atom. The second kappa shape index (κ2) is 10.8. The van der Waals surface area contributed by atoms with Crippen LogP contribution in [0.15, 0.2) is 88.9 Å². The molecule has 10 heteroatoms. The van der Waals surface area contributed by atoms with Gasteiger partial charge in [0, 0.05) is 11.9 Å². The molecule has 0 bridgehead atoms. The fraction of sp³-hybridized carbons (Fsp3) is 0.0870. The summed E-state index contributed by atoms with van der Waals surface area (Å²) >= 11 is 5.87. The van der Waals surface area contributed by atoms with Crippen molar-refractivity contribution in [1.82, 2.24) is 5.43 Å². The van der Waals surface area contributed by atoms with Gasteiger partial charge in [-0.25, -0.2) is 13.8 Å². The molecule has 3 rings (SSSR count). The Kier molecular flexibility index (Phi) is 7.81. The topological polar surface area (TPSA) is 105 Å². The van der Waals surface area contributed by atoms with Crippen molar-refractivity contribution in [2.24, 2.45) is 5.10 Å². The van der Waals surface area contributed by atoms with Gasteiger partial charge in [0.1, 0.15) is 12.3 Å². The third kappa shape index (κ3) is 6.64. The molecule has 0 saturated heterocycles. The summed E-state index contributed by atoms with van der Waals surface area (Å²) in [4.78, 5) is 23.5. The van der Waals surface area contributed by atoms with Crippen molar-refractivity contribution in [3.8, 4) is 5.75 Å². The summed E-state index contributed by atoms with van der Waals surface area (Å²) in [7, 11) is -4.04. The third-order valence-corrected chi connectivity index (χ3v) is 6.32. The largest absolute Gasteiger partial charge is 0.427 e. The molecule has 3 aromatic carbocycles. The summed E-state index contributed by atoms with van der Waals surface area (Å²) in [5.74, 6) is -0.682. The highest BCUT2D eigenvalue weighted by molar-refractivity contribution is 7.92. The van der Waals surface area contributed by atoms with Crippen LogP contribution < -0.4 is 14.5 Å². The Morgan fingerprint density at radius 3 is 2.24 bits per heavy atom. The molecule has 3 aromatic rings. The molecule has 0 radical (unpaired) electrons. The molecule has 0 unspecified atom stereocenters. The SMILES string of the molecule is CC(=O)Oc1ccc(/C=N\NC(=O)CN(c2ccccc2)S(=O)(=O)c2ccc(Cl)cc2)cc1. The van der Waals surface area contributed by atoms with Gasteiger partial charge in [0.2, 0.25) is 0 Å². The summed E-state index contributed by atoms with van der Waals surface area (Å²) in [5.41, 5.74) is 3.29. The highest BCUT2D eigenvalue weighted by Crippen LogP contribution is 2.24. The quantitative estimate of drug-likeness (QED) is 0.227. The number of anilines is 1. The number of carbonyl (C=O) groups excluding carboxylic acids is 2. The molecule has 1 N–H and O–H groups in total. The fourth-order valence-electron chi connectivity index (χ4n) is 2.78. The number of halogens is 1. The van der Waals surface area contributed by atoms with E-state index in [0.29, 0.717) is 22.0 Å². The van der Waals surface area contributed by atoms with E-state index in [1.165, 1.54) is 37.4 Å². The van der Waals surface area contributed by atoms with Crippen LogP contribution in [0.3, 0.4) is 0 Å². The van der Waals surface area contributed by atoms with Crippen LogP contribution in [-0.4, -0.2) is 33.1 Å². The van der Waals surface area contributed by atoms with Crippen molar-refractivity contribution < 1.29 is 22.7 Å². The molecular weight excluding hydrogens is 466 g/mol. The van der Waals surface area contributed by atoms with Crippen LogP contribution in [0.5, 0.6) is 5.75 Å². The molecule has 0 spiro atoms. The van der Waals surface area contributed by atoms with Crippen LogP contribution in [0.25, 0.3) is 0 Å². The second-order valence-corrected chi connectivity index (χ2v) is 9.06. The molecule has 0 fully saturated rings. The van der Waals surface area contributed by atoms with Crippen molar-refractivity contribution in [2.45, 2.75) is 11.8 Å². The first-order valence-electron chi connectivity index (χ1n) is 9.69. The maximum absolute atomic E-state index is 13.2. The number of ether oxygens (including phenoxy) is 1. The van der Waals surface area contributed by atoms with Gasteiger partial charge in [-0.1, -0.05) is 29.8 Å². The van der Waals surface area contributed by atoms with Gasteiger partial charge >= 0.3 is 5.97 Å². The van der Waals surface area contributed by atoms with E-state index in [-0.39, 0.29) is 4.90 Å². The molecule has 170 valence electrons. The molecule has 0 aliphatic heterocycles. The first-order valence-corrected chi connectivity index (χ1v) is 11.5. The maximum Gasteiger partial charge on any atom is 0.308 e. The van der Waals surface area contributed by atoms with Crippen LogP contribution >= 0.6 is 11.6 Å². The van der Waals surface area contributed by atoms with Gasteiger partial charge in [0.05, 0.1) is 16.8 Å². The maximum atomic E-state index is 13.2. The van der Waals surface area contributed by atoms with Gasteiger partial charge in [0.25, 0.3) is 15.9 Å². The lowest BCUT2D eigenvalue weighted by Gasteiger charge is -2.23. The number of hydrogen-bond donors (Lipinski definition) is 1. The van der Waals surface area contributed by atoms with Crippen LogP contribution in [0.2, 0.25) is 5.02 Å². The summed E-state index contributed by atoms with van der Waals surface area (Å²) in [6.45, 7) is 0.814. The van der Waals surface area contributed by atoms with Crippen molar-refractivity contribution in [3.05, 3.63) is 89.4 Å². The lowest BCUT2D eigenvalue weighted by atomic mass is 10.2. The number of hydrogen-bond acceptors (Lipinski definition) is 6. The van der Waals surface area contributed by atoms with Crippen LogP contribution in [0, 0.1) is 0 Å². The highest BCUT2D eigenvalue weighted by atomic mass is 35.5. The van der Waals surface area contributed by atoms with Crippen LogP contribution in [-0.2, 0) is 19.6 Å². The van der Waals surface area contributed by atoms with Gasteiger partial charge in [-0.2, -0.15) is 5.10 Å². The number of carbonyl (C=O) groups is 2. The number of benzene rings is 3. The van der Waals surface area contributed by atoms with E-state index in [1.807, 2.05) is 0 Å². The summed E-state index contributed by atoms with van der Waals surface area (Å²) in [6, 6.07) is 20.4. The van der Waals surface area contributed by atoms with E-state index in [1.54, 1.807) is 54.6 Å². The van der Waals surface area contributed by atoms with E-state index in [4.69, 9.17) is 16.3 Å². The minimum atomic E-state index is -4.04. The standard InChI is InChI=1S/C23H20ClN3O5S/c1-17(28)32-21-11-7-18(8-12-21)15-25-26-23(29)16-27(20-5-3-2-4-6-20)33(30,31)22-13-9-19(24)10-14-22/h2-15H,16H2,1H3,(H,26,29)/b25-15-. The average Bonchev–Trinajstić information content (AvgIpc) is 2.79. The smallest absolute Gasteiger partial charge is 0.308 e. The molecule has 0 atom stereocenters. The number of rotatable bonds is 8. The van der Waals surface area contributed by atoms with Crippen molar-refractivity contribution >= 4 is 45.4 Å². The Morgan fingerprint density at radius 1 is 1.00 bits per heavy atom. The number of amides is 1. The van der Waals surface area contributed by atoms with Gasteiger partial charge in [-0.05, 0) is 66.2 Å². The van der Waals surface area contributed by atoms with E-state index in [9.17, 15) is 18.0 Å². The minimum Gasteiger partial charge on any atom is -0.427 e. The number of sulfonamides is 1. The van der Waals surface area contributed by atoms with Crippen LogP contribution in [0.4, 0.5) is 5.69 Å². The predicted octanol–water partition coefficient (Wildman–Crippen LogP) is 3.61. The number of nitrogens with one attached hydrogen (secondary N) is 1. The van der Waals surface area contributed by atoms with Gasteiger partial charge in [-0.3, -0.25) is 13.9 Å². The number of esters is 1. The molecule has 0 heterocycles. The number of hydrazone groups is 1. The Hall–Kier alpha value is -3.69. The highest BCUT2D eigenvalue weighted by Gasteiger charge is 2.27. The van der Waals surface area contributed by atoms with Crippen molar-refractivity contribution in [1.29, 1.82) is 0 Å². The van der Waals surface area contributed by atoms with Crippen LogP contribution in [0.1, 0.15) is 12.5 Å². The second-order valence-electron chi connectivity index (χ2n) is 6.76. The predicted molar refractivity (Wildman–Crippen MR) is 126 cm³/mol. The van der Waals surface area contributed by atoms with Crippen molar-refractivity contribution in [3.63, 3.8) is 0 Å². The summed E-state index contributed by atoms with van der Waals surface area (Å²) in [6.07, 6.45) is 1.38. The Bertz CT molecular complexity index is 1250. The van der Waals surface area contributed by atoms with E-state index in [0.717, 1.165) is 4.31 Å². The zero-order valence-electron chi connectivity index (χ0n) is 17.5. The first-order chi connectivity index (χ1) is 15.8. The molecule has 0 saturated carbocycles. The normalized spacial score (nSPS) is 11.2. The third-order valence-electron chi connectivity index (χ3n) is 4.28. The van der Waals surface area contributed by atoms with Gasteiger partial charge in [-0.15, -0.1) is 0 Å². The summed E-state index contributed by atoms with van der Waals surface area (Å²) < 4.78 is 32.4. The number of nitrogens with zero attached hydrogens (tertiary/aromatic N) is 2. The minimum absolute atomic E-state index is 0.0000704. The first kappa shape index (κ1) is 24.0. The Labute approximate surface area is 196 Å². The average molecular weight is 486 g/mol. The fourth-order valence-corrected chi connectivity index (χ4v) is 4.32. The molecular formula is C23H20ClN3O5S. The monoisotopic (exact) mass is 485 g/mol. The summed E-state index contributed by atoms with van der Waals surface area (Å²) in [5, 5.41) is 4.27. The lowest BCUT2D eigenvalue weighted by Crippen LogP contribution is -2.39. The zero-order valence-corrected chi connectivity index (χ0v) is 19.1. The van der Waals surface area contributed by atoms with Gasteiger partial charge < -0.3 is 4.74 Å². The van der Waals surface area contributed by atoms with Crippen molar-refractivity contribution in [2.75, 3.05) is 10.8 Å². The van der Waals surface area contributed by atoms with E-state index in [2.05, 4.69) is 10.5 Å². The van der Waals surface area contributed by atoms with E-state index < -0.39 is 28.4 Å². The zero-order chi connectivity index (χ0) is 23.8. The molecule has 0 aromatic heterocycles. The number of para-hydroxylation sites is 1.